The summed E-state index contributed by atoms with van der Waals surface area (Å²) in [6, 6.07) is 15.3. The normalized spacial score (nSPS) is 8.96. The molecule has 0 aromatic heterocycles. The second-order valence-electron chi connectivity index (χ2n) is 5.15. The number of ketones is 2. The fourth-order valence-corrected chi connectivity index (χ4v) is 2.52. The summed E-state index contributed by atoms with van der Waals surface area (Å²) in [6.45, 7) is 4.02. The van der Waals surface area contributed by atoms with Crippen LogP contribution in [0.25, 0.3) is 0 Å². The lowest BCUT2D eigenvalue weighted by Crippen LogP contribution is -2.01. The summed E-state index contributed by atoms with van der Waals surface area (Å²) >= 11 is 4.68. The van der Waals surface area contributed by atoms with Crippen molar-refractivity contribution in [3.8, 4) is 0 Å². The molecule has 0 bridgehead atoms. The van der Waals surface area contributed by atoms with Crippen LogP contribution in [0.4, 0.5) is 0 Å². The molecule has 0 aliphatic rings. The van der Waals surface area contributed by atoms with Crippen LogP contribution in [0, 0.1) is 13.8 Å². The van der Waals surface area contributed by atoms with Crippen LogP contribution >= 0.6 is 27.7 Å². The summed E-state index contributed by atoms with van der Waals surface area (Å²) in [5.74, 6) is 0.913. The molecule has 0 aliphatic heterocycles. The second-order valence-corrected chi connectivity index (χ2v) is 6.57. The first-order chi connectivity index (χ1) is 11.0. The summed E-state index contributed by atoms with van der Waals surface area (Å²) in [5, 5.41) is 0.399. The Hall–Kier alpha value is -1.47. The van der Waals surface area contributed by atoms with Crippen LogP contribution in [0.15, 0.2) is 48.5 Å². The summed E-state index contributed by atoms with van der Waals surface area (Å²) < 4.78 is 0. The van der Waals surface area contributed by atoms with Gasteiger partial charge in [0.25, 0.3) is 0 Å². The van der Waals surface area contributed by atoms with Crippen LogP contribution < -0.4 is 0 Å². The lowest BCUT2D eigenvalue weighted by molar-refractivity contribution is 0.101. The van der Waals surface area contributed by atoms with Gasteiger partial charge in [-0.25, -0.2) is 0 Å². The first-order valence-corrected chi connectivity index (χ1v) is 9.74. The van der Waals surface area contributed by atoms with Crippen molar-refractivity contribution < 1.29 is 20.5 Å². The van der Waals surface area contributed by atoms with Gasteiger partial charge in [-0.1, -0.05) is 75.6 Å². The third-order valence-corrected chi connectivity index (χ3v) is 4.20. The van der Waals surface area contributed by atoms with Gasteiger partial charge >= 0.3 is 0 Å². The molecule has 2 aromatic rings. The van der Waals surface area contributed by atoms with Crippen LogP contribution in [0.5, 0.6) is 0 Å². The Labute approximate surface area is 161 Å². The SMILES string of the molecule is CSCC(=O)c1ccc(C)cc1.Cc1ccc(C(=O)CBr)cc1.O.O. The van der Waals surface area contributed by atoms with E-state index in [9.17, 15) is 9.59 Å². The number of halogens is 1. The Morgan fingerprint density at radius 2 is 1.16 bits per heavy atom. The molecule has 0 saturated carbocycles. The van der Waals surface area contributed by atoms with E-state index in [4.69, 9.17) is 0 Å². The number of aryl methyl sites for hydroxylation is 2. The smallest absolute Gasteiger partial charge is 0.173 e. The molecule has 6 heteroatoms. The molecule has 2 aromatic carbocycles. The van der Waals surface area contributed by atoms with Crippen molar-refractivity contribution in [2.75, 3.05) is 17.3 Å². The van der Waals surface area contributed by atoms with Crippen molar-refractivity contribution in [2.45, 2.75) is 13.8 Å². The highest BCUT2D eigenvalue weighted by molar-refractivity contribution is 9.09. The molecular formula is C19H25BrO4S. The zero-order valence-electron chi connectivity index (χ0n) is 14.6. The van der Waals surface area contributed by atoms with Crippen molar-refractivity contribution in [2.24, 2.45) is 0 Å². The van der Waals surface area contributed by atoms with Crippen LogP contribution in [-0.2, 0) is 0 Å². The lowest BCUT2D eigenvalue weighted by Gasteiger charge is -1.98. The van der Waals surface area contributed by atoms with Crippen LogP contribution in [-0.4, -0.2) is 39.9 Å². The summed E-state index contributed by atoms with van der Waals surface area (Å²) in [6.07, 6.45) is 1.94. The molecule has 0 atom stereocenters. The molecule has 4 nitrogen and oxygen atoms in total. The quantitative estimate of drug-likeness (QED) is 0.538. The van der Waals surface area contributed by atoms with Gasteiger partial charge in [0, 0.05) is 11.1 Å². The van der Waals surface area contributed by atoms with Crippen LogP contribution in [0.3, 0.4) is 0 Å². The molecular weight excluding hydrogens is 404 g/mol. The van der Waals surface area contributed by atoms with Gasteiger partial charge in [-0.05, 0) is 20.1 Å². The fraction of sp³-hybridized carbons (Fsp3) is 0.263. The number of hydrogen-bond acceptors (Lipinski definition) is 3. The van der Waals surface area contributed by atoms with Gasteiger partial charge in [0.15, 0.2) is 11.6 Å². The van der Waals surface area contributed by atoms with Gasteiger partial charge in [0.05, 0.1) is 11.1 Å². The number of thioether (sulfide) groups is 1. The standard InChI is InChI=1S/C10H12OS.C9H9BrO.2H2O/c1-8-3-5-9(6-4-8)10(11)7-12-2;1-7-2-4-8(5-3-7)9(11)6-10;;/h3-6H,7H2,1-2H3;2-5H,6H2,1H3;2*1H2. The highest BCUT2D eigenvalue weighted by atomic mass is 79.9. The van der Waals surface area contributed by atoms with Crippen molar-refractivity contribution in [1.29, 1.82) is 0 Å². The van der Waals surface area contributed by atoms with Gasteiger partial charge in [0.1, 0.15) is 0 Å². The van der Waals surface area contributed by atoms with E-state index in [2.05, 4.69) is 15.9 Å². The van der Waals surface area contributed by atoms with E-state index in [1.54, 1.807) is 11.8 Å². The van der Waals surface area contributed by atoms with E-state index in [0.29, 0.717) is 11.1 Å². The predicted octanol–water partition coefficient (Wildman–Crippen LogP) is 3.46. The molecule has 0 unspecified atom stereocenters. The monoisotopic (exact) mass is 428 g/mol. The molecule has 0 radical (unpaired) electrons. The van der Waals surface area contributed by atoms with Gasteiger partial charge in [-0.15, -0.1) is 0 Å². The maximum absolute atomic E-state index is 11.3. The van der Waals surface area contributed by atoms with Gasteiger partial charge in [0.2, 0.25) is 0 Å². The molecule has 0 fully saturated rings. The second kappa shape index (κ2) is 13.8. The Balaban J connectivity index is 0. The first kappa shape index (κ1) is 25.8. The van der Waals surface area contributed by atoms with Crippen molar-refractivity contribution in [3.63, 3.8) is 0 Å². The fourth-order valence-electron chi connectivity index (χ4n) is 1.77. The highest BCUT2D eigenvalue weighted by Crippen LogP contribution is 2.07. The Kier molecular flexibility index (Phi) is 14.2. The van der Waals surface area contributed by atoms with E-state index >= 15 is 0 Å². The lowest BCUT2D eigenvalue weighted by atomic mass is 10.1. The number of benzene rings is 2. The average molecular weight is 429 g/mol. The van der Waals surface area contributed by atoms with E-state index < -0.39 is 0 Å². The largest absolute Gasteiger partial charge is 0.412 e. The zero-order valence-corrected chi connectivity index (χ0v) is 17.0. The highest BCUT2D eigenvalue weighted by Gasteiger charge is 2.02. The van der Waals surface area contributed by atoms with Gasteiger partial charge in [-0.3, -0.25) is 9.59 Å². The van der Waals surface area contributed by atoms with Crippen LogP contribution in [0.2, 0.25) is 0 Å². The van der Waals surface area contributed by atoms with Crippen LogP contribution in [0.1, 0.15) is 31.8 Å². The predicted molar refractivity (Wildman–Crippen MR) is 110 cm³/mol. The maximum Gasteiger partial charge on any atom is 0.173 e. The van der Waals surface area contributed by atoms with E-state index in [0.717, 1.165) is 11.1 Å². The first-order valence-electron chi connectivity index (χ1n) is 7.22. The molecule has 2 rings (SSSR count). The topological polar surface area (TPSA) is 97.1 Å². The summed E-state index contributed by atoms with van der Waals surface area (Å²) in [5.41, 5.74) is 3.95. The minimum absolute atomic E-state index is 0. The Bertz CT molecular complexity index is 639. The molecule has 4 N–H and O–H groups in total. The minimum Gasteiger partial charge on any atom is -0.412 e. The number of hydrogen-bond donors (Lipinski definition) is 0. The molecule has 138 valence electrons. The number of rotatable bonds is 5. The molecule has 0 spiro atoms. The third kappa shape index (κ3) is 9.55. The number of carbonyl (C=O) groups is 2. The van der Waals surface area contributed by atoms with Crippen molar-refractivity contribution >= 4 is 39.3 Å². The number of carbonyl (C=O) groups excluding carboxylic acids is 2. The average Bonchev–Trinajstić information content (AvgIpc) is 2.56. The number of Topliss-reactive ketones (excluding diaryl/α,β-unsaturated/α-hetero) is 2. The molecule has 0 amide bonds. The maximum atomic E-state index is 11.3. The van der Waals surface area contributed by atoms with Gasteiger partial charge < -0.3 is 11.0 Å². The van der Waals surface area contributed by atoms with E-state index in [1.165, 1.54) is 11.1 Å². The third-order valence-electron chi connectivity index (χ3n) is 3.14. The van der Waals surface area contributed by atoms with Crippen molar-refractivity contribution in [1.82, 2.24) is 0 Å². The van der Waals surface area contributed by atoms with Crippen molar-refractivity contribution in [3.05, 3.63) is 70.8 Å². The van der Waals surface area contributed by atoms with Gasteiger partial charge in [-0.2, -0.15) is 11.8 Å². The van der Waals surface area contributed by atoms with E-state index in [1.807, 2.05) is 68.6 Å². The summed E-state index contributed by atoms with van der Waals surface area (Å²) in [4.78, 5) is 22.4. The Morgan fingerprint density at radius 3 is 1.48 bits per heavy atom. The number of alkyl halides is 1. The molecule has 0 saturated heterocycles. The zero-order chi connectivity index (χ0) is 17.2. The molecule has 25 heavy (non-hydrogen) atoms. The minimum atomic E-state index is 0. The molecule has 0 heterocycles. The van der Waals surface area contributed by atoms with E-state index in [-0.39, 0.29) is 22.5 Å². The molecule has 0 aliphatic carbocycles. The Morgan fingerprint density at radius 1 is 0.800 bits per heavy atom. The summed E-state index contributed by atoms with van der Waals surface area (Å²) in [7, 11) is 0.